The molecular weight excluding hydrogens is 1080 g/mol. The Hall–Kier alpha value is -9.47. The van der Waals surface area contributed by atoms with Crippen molar-refractivity contribution in [1.29, 1.82) is 0 Å². The molecule has 0 fully saturated rings. The molecular formula is C73H44N2O3P4. The maximum absolute atomic E-state index is 8.33. The lowest BCUT2D eigenvalue weighted by molar-refractivity contribution is -0.415. The zero-order valence-electron chi connectivity index (χ0n) is 43.8. The maximum atomic E-state index is 8.33. The first-order chi connectivity index (χ1) is 40.4. The van der Waals surface area contributed by atoms with E-state index in [0.717, 1.165) is 33.5 Å². The van der Waals surface area contributed by atoms with E-state index in [1.807, 2.05) is 0 Å². The molecule has 16 aromatic rings. The van der Waals surface area contributed by atoms with E-state index in [-0.39, 0.29) is 0 Å². The Morgan fingerprint density at radius 3 is 0.634 bits per heavy atom. The van der Waals surface area contributed by atoms with Crippen LogP contribution in [0.1, 0.15) is 0 Å². The molecule has 0 aromatic heterocycles. The van der Waals surface area contributed by atoms with Crippen molar-refractivity contribution in [2.45, 2.75) is 0 Å². The third-order valence-electron chi connectivity index (χ3n) is 15.4. The molecule has 0 aliphatic heterocycles. The van der Waals surface area contributed by atoms with Gasteiger partial charge in [0, 0.05) is 21.5 Å². The van der Waals surface area contributed by atoms with Crippen molar-refractivity contribution in [3.8, 4) is 0 Å². The quantitative estimate of drug-likeness (QED) is 0.0761. The molecule has 0 saturated heterocycles. The van der Waals surface area contributed by atoms with E-state index >= 15 is 0 Å². The van der Waals surface area contributed by atoms with E-state index in [2.05, 4.69) is 267 Å². The van der Waals surface area contributed by atoms with Crippen LogP contribution in [0, 0.1) is 0 Å². The van der Waals surface area contributed by atoms with Gasteiger partial charge in [0.1, 0.15) is 0 Å². The minimum absolute atomic E-state index is 0.982. The third kappa shape index (κ3) is 9.80. The molecule has 0 heterocycles. The lowest BCUT2D eigenvalue weighted by atomic mass is 9.98. The van der Waals surface area contributed by atoms with E-state index in [1.165, 1.54) is 150 Å². The summed E-state index contributed by atoms with van der Waals surface area (Å²) in [5.41, 5.74) is 0. The number of carboxylic acid groups (broad SMARTS) is 2. The smallest absolute Gasteiger partial charge is 0.400 e. The van der Waals surface area contributed by atoms with Crippen LogP contribution in [0.2, 0.25) is 0 Å². The predicted octanol–water partition coefficient (Wildman–Crippen LogP) is 17.3. The fourth-order valence-corrected chi connectivity index (χ4v) is 15.6. The Labute approximate surface area is 477 Å². The Balaban J connectivity index is 0.000000138. The van der Waals surface area contributed by atoms with E-state index in [1.54, 1.807) is 0 Å². The third-order valence-corrected chi connectivity index (χ3v) is 19.2. The van der Waals surface area contributed by atoms with Crippen molar-refractivity contribution in [2.24, 2.45) is 0 Å². The molecule has 0 spiro atoms. The van der Waals surface area contributed by atoms with Crippen LogP contribution in [-0.2, 0) is 0 Å². The number of carbonyl (C=O) groups is 1. The molecule has 0 aliphatic rings. The predicted molar refractivity (Wildman–Crippen MR) is 352 cm³/mol. The van der Waals surface area contributed by atoms with Crippen molar-refractivity contribution in [2.75, 3.05) is 0 Å². The van der Waals surface area contributed by atoms with E-state index < -0.39 is 6.16 Å². The fourth-order valence-electron chi connectivity index (χ4n) is 11.7. The first-order valence-corrected chi connectivity index (χ1v) is 30.2. The second kappa shape index (κ2) is 21.9. The van der Waals surface area contributed by atoms with E-state index in [9.17, 15) is 0 Å². The molecule has 0 bridgehead atoms. The number of hydrogen-bond donors (Lipinski definition) is 0. The van der Waals surface area contributed by atoms with Gasteiger partial charge in [-0.3, -0.25) is 0 Å². The Morgan fingerprint density at radius 1 is 0.232 bits per heavy atom. The number of benzene rings is 16. The summed E-state index contributed by atoms with van der Waals surface area (Å²) in [4.78, 5) is 8.33. The first-order valence-electron chi connectivity index (χ1n) is 26.9. The average molecular weight is 1120 g/mol. The molecule has 0 atom stereocenters. The van der Waals surface area contributed by atoms with Crippen molar-refractivity contribution < 1.29 is 15.0 Å². The molecule has 0 radical (unpaired) electrons. The summed E-state index contributed by atoms with van der Waals surface area (Å²) < 4.78 is 10.2. The van der Waals surface area contributed by atoms with E-state index in [4.69, 9.17) is 23.4 Å². The van der Waals surface area contributed by atoms with Gasteiger partial charge in [0.15, 0.2) is 0 Å². The molecule has 0 saturated carbocycles. The van der Waals surface area contributed by atoms with Crippen molar-refractivity contribution in [3.05, 3.63) is 267 Å². The van der Waals surface area contributed by atoms with Crippen molar-refractivity contribution in [1.82, 2.24) is 8.35 Å². The molecule has 0 amide bonds. The highest BCUT2D eigenvalue weighted by atomic mass is 31.1. The van der Waals surface area contributed by atoms with Crippen LogP contribution in [-0.4, -0.2) is 6.16 Å². The van der Waals surface area contributed by atoms with Gasteiger partial charge in [-0.25, -0.2) is 0 Å². The maximum Gasteiger partial charge on any atom is 0.400 e. The number of hydrogen-bond acceptors (Lipinski definition) is 3. The van der Waals surface area contributed by atoms with Gasteiger partial charge in [-0.05, 0) is 187 Å². The summed E-state index contributed by atoms with van der Waals surface area (Å²) in [5, 5.41) is 52.4. The van der Waals surface area contributed by atoms with Crippen LogP contribution in [0.25, 0.3) is 129 Å². The molecule has 0 aliphatic carbocycles. The summed E-state index contributed by atoms with van der Waals surface area (Å²) in [6.07, 6.45) is -2.33. The van der Waals surface area contributed by atoms with Crippen LogP contribution >= 0.6 is 33.5 Å². The van der Waals surface area contributed by atoms with Crippen molar-refractivity contribution >= 4 is 190 Å². The molecule has 9 heteroatoms. The molecule has 0 N–H and O–H groups in total. The van der Waals surface area contributed by atoms with Crippen LogP contribution in [0.3, 0.4) is 0 Å². The van der Waals surface area contributed by atoms with Gasteiger partial charge in [0.25, 0.3) is 0 Å². The second-order valence-electron chi connectivity index (χ2n) is 20.3. The van der Waals surface area contributed by atoms with Gasteiger partial charge < -0.3 is 15.0 Å². The van der Waals surface area contributed by atoms with Gasteiger partial charge >= 0.3 is 33.5 Å². The standard InChI is InChI=1S/2C36H22NP2.CH2O3/c2*1-3-9-27-21-31-29(19-25(27)7-1)17-15-23-11-5-13-33(35(23)31)38-37-39-34-14-6-12-24-16-18-30-20-26-8-2-4-10-28(26)22-32(30)36(24)34;2-1(3)4/h2*1-22H;(H2,2,3,4)/q2*+1;/p-2. The Bertz CT molecular complexity index is 4790. The minimum Gasteiger partial charge on any atom is -0.652 e. The lowest BCUT2D eigenvalue weighted by Gasteiger charge is -2.07. The summed E-state index contributed by atoms with van der Waals surface area (Å²) in [5.74, 6) is 0. The van der Waals surface area contributed by atoms with Gasteiger partial charge in [0.05, 0.1) is 21.2 Å². The number of carbonyl (C=O) groups excluding carboxylic acids is 1. The van der Waals surface area contributed by atoms with Gasteiger partial charge in [-0.1, -0.05) is 202 Å². The molecule has 16 rings (SSSR count). The summed E-state index contributed by atoms with van der Waals surface area (Å²) in [7, 11) is 3.93. The molecule has 0 unspecified atom stereocenters. The second-order valence-corrected chi connectivity index (χ2v) is 24.4. The van der Waals surface area contributed by atoms with Gasteiger partial charge in [-0.2, -0.15) is 0 Å². The number of fused-ring (bicyclic) bond motifs is 16. The zero-order chi connectivity index (χ0) is 55.1. The number of nitrogens with zero attached hydrogens (tertiary/aromatic N) is 2. The highest BCUT2D eigenvalue weighted by molar-refractivity contribution is 7.45. The molecule has 16 aromatic carbocycles. The largest absolute Gasteiger partial charge is 0.652 e. The van der Waals surface area contributed by atoms with Gasteiger partial charge in [-0.15, -0.1) is 0 Å². The van der Waals surface area contributed by atoms with Crippen molar-refractivity contribution in [3.63, 3.8) is 0 Å². The monoisotopic (exact) mass is 1120 g/mol. The molecule has 82 heavy (non-hydrogen) atoms. The van der Waals surface area contributed by atoms with Gasteiger partial charge in [0.2, 0.25) is 0 Å². The lowest BCUT2D eigenvalue weighted by Crippen LogP contribution is -2.37. The van der Waals surface area contributed by atoms with E-state index in [0.29, 0.717) is 0 Å². The van der Waals surface area contributed by atoms with Crippen LogP contribution in [0.15, 0.2) is 267 Å². The fraction of sp³-hybridized carbons (Fsp3) is 0. The van der Waals surface area contributed by atoms with Crippen LogP contribution < -0.4 is 39.8 Å². The molecule has 5 nitrogen and oxygen atoms in total. The normalized spacial score (nSPS) is 11.6. The highest BCUT2D eigenvalue weighted by Crippen LogP contribution is 2.35. The Kier molecular flexibility index (Phi) is 13.5. The average Bonchev–Trinajstić information content (AvgIpc) is 3.61. The highest BCUT2D eigenvalue weighted by Gasteiger charge is 2.15. The first kappa shape index (κ1) is 50.7. The number of rotatable bonds is 4. The minimum atomic E-state index is -2.33. The topological polar surface area (TPSA) is 91.4 Å². The SMILES string of the molecule is O=C([O-])[O-].c1ccc2cc3c(ccc4cccc(P=[N+]=Pc5cccc6ccc7cc8ccccc8cc7c56)c43)cc2c1.c1ccc2cc3c(ccc4cccc(P=[N+]=Pc5cccc6ccc7cc8ccccc8cc7c56)c43)cc2c1. The van der Waals surface area contributed by atoms with Crippen LogP contribution in [0.5, 0.6) is 0 Å². The summed E-state index contributed by atoms with van der Waals surface area (Å²) in [6.45, 7) is 0. The summed E-state index contributed by atoms with van der Waals surface area (Å²) in [6, 6.07) is 97.3. The molecule has 384 valence electrons. The zero-order valence-corrected chi connectivity index (χ0v) is 47.4. The van der Waals surface area contributed by atoms with Crippen LogP contribution in [0.4, 0.5) is 4.79 Å². The Morgan fingerprint density at radius 2 is 0.415 bits per heavy atom. The summed E-state index contributed by atoms with van der Waals surface area (Å²) >= 11 is 0.